The fourth-order valence-electron chi connectivity index (χ4n) is 2.06. The standard InChI is InChI=1S/C15H24N2O3/c1-2-8-20-11-14(18)10-13(15(19)17-16)9-12-6-4-3-5-7-12/h3-7,13-14,18H,2,8-11,16H2,1H3,(H,17,19)/t13-,14-/m0/s1. The van der Waals surface area contributed by atoms with Gasteiger partial charge in [-0.25, -0.2) is 5.84 Å². The summed E-state index contributed by atoms with van der Waals surface area (Å²) in [5, 5.41) is 9.92. The summed E-state index contributed by atoms with van der Waals surface area (Å²) in [6.45, 7) is 2.87. The van der Waals surface area contributed by atoms with E-state index >= 15 is 0 Å². The minimum atomic E-state index is -0.660. The molecular formula is C15H24N2O3. The van der Waals surface area contributed by atoms with Crippen LogP contribution < -0.4 is 11.3 Å². The number of amides is 1. The quantitative estimate of drug-likeness (QED) is 0.273. The smallest absolute Gasteiger partial charge is 0.237 e. The van der Waals surface area contributed by atoms with E-state index in [1.54, 1.807) is 0 Å². The van der Waals surface area contributed by atoms with Crippen LogP contribution in [0.5, 0.6) is 0 Å². The fourth-order valence-corrected chi connectivity index (χ4v) is 2.06. The predicted molar refractivity (Wildman–Crippen MR) is 77.7 cm³/mol. The maximum absolute atomic E-state index is 11.8. The molecule has 1 rings (SSSR count). The molecule has 1 aromatic carbocycles. The van der Waals surface area contributed by atoms with E-state index in [1.807, 2.05) is 37.3 Å². The molecule has 4 N–H and O–H groups in total. The summed E-state index contributed by atoms with van der Waals surface area (Å²) < 4.78 is 5.30. The van der Waals surface area contributed by atoms with E-state index in [0.29, 0.717) is 19.4 Å². The Kier molecular flexibility index (Phi) is 7.87. The van der Waals surface area contributed by atoms with E-state index in [2.05, 4.69) is 5.43 Å². The molecule has 5 nitrogen and oxygen atoms in total. The van der Waals surface area contributed by atoms with Gasteiger partial charge in [-0.05, 0) is 24.8 Å². The molecule has 0 bridgehead atoms. The number of nitrogens with two attached hydrogens (primary N) is 1. The Balaban J connectivity index is 2.54. The van der Waals surface area contributed by atoms with Crippen LogP contribution in [0, 0.1) is 5.92 Å². The van der Waals surface area contributed by atoms with Crippen LogP contribution >= 0.6 is 0 Å². The van der Waals surface area contributed by atoms with Crippen molar-refractivity contribution in [1.29, 1.82) is 0 Å². The van der Waals surface area contributed by atoms with Crippen LogP contribution in [-0.4, -0.2) is 30.3 Å². The average molecular weight is 280 g/mol. The Morgan fingerprint density at radius 2 is 2.10 bits per heavy atom. The van der Waals surface area contributed by atoms with Crippen molar-refractivity contribution >= 4 is 5.91 Å². The first-order valence-electron chi connectivity index (χ1n) is 6.97. The Morgan fingerprint density at radius 3 is 2.70 bits per heavy atom. The molecule has 2 atom stereocenters. The second kappa shape index (κ2) is 9.47. The molecule has 0 radical (unpaired) electrons. The molecular weight excluding hydrogens is 256 g/mol. The zero-order valence-electron chi connectivity index (χ0n) is 11.9. The van der Waals surface area contributed by atoms with Gasteiger partial charge < -0.3 is 9.84 Å². The number of benzene rings is 1. The third-order valence-electron chi connectivity index (χ3n) is 3.05. The highest BCUT2D eigenvalue weighted by Crippen LogP contribution is 2.15. The van der Waals surface area contributed by atoms with Crippen LogP contribution in [0.1, 0.15) is 25.3 Å². The molecule has 0 unspecified atom stereocenters. The number of nitrogens with one attached hydrogen (secondary N) is 1. The lowest BCUT2D eigenvalue weighted by atomic mass is 9.93. The van der Waals surface area contributed by atoms with E-state index in [-0.39, 0.29) is 18.4 Å². The summed E-state index contributed by atoms with van der Waals surface area (Å²) in [4.78, 5) is 11.8. The van der Waals surface area contributed by atoms with Gasteiger partial charge in [-0.1, -0.05) is 37.3 Å². The maximum atomic E-state index is 11.8. The van der Waals surface area contributed by atoms with Crippen LogP contribution in [0.3, 0.4) is 0 Å². The van der Waals surface area contributed by atoms with Gasteiger partial charge in [0.2, 0.25) is 5.91 Å². The number of rotatable bonds is 9. The topological polar surface area (TPSA) is 84.6 Å². The summed E-state index contributed by atoms with van der Waals surface area (Å²) >= 11 is 0. The second-order valence-corrected chi connectivity index (χ2v) is 4.86. The Hall–Kier alpha value is -1.43. The summed E-state index contributed by atoms with van der Waals surface area (Å²) in [6, 6.07) is 9.68. The van der Waals surface area contributed by atoms with Crippen molar-refractivity contribution in [2.75, 3.05) is 13.2 Å². The minimum Gasteiger partial charge on any atom is -0.391 e. The first kappa shape index (κ1) is 16.6. The van der Waals surface area contributed by atoms with E-state index < -0.39 is 6.10 Å². The molecule has 112 valence electrons. The van der Waals surface area contributed by atoms with Crippen molar-refractivity contribution in [1.82, 2.24) is 5.43 Å². The van der Waals surface area contributed by atoms with E-state index in [1.165, 1.54) is 0 Å². The van der Waals surface area contributed by atoms with Gasteiger partial charge in [0.15, 0.2) is 0 Å². The molecule has 0 spiro atoms. The Morgan fingerprint density at radius 1 is 1.40 bits per heavy atom. The van der Waals surface area contributed by atoms with Crippen LogP contribution in [0.2, 0.25) is 0 Å². The van der Waals surface area contributed by atoms with Gasteiger partial charge >= 0.3 is 0 Å². The number of hydrogen-bond donors (Lipinski definition) is 3. The molecule has 0 aromatic heterocycles. The monoisotopic (exact) mass is 280 g/mol. The highest BCUT2D eigenvalue weighted by atomic mass is 16.5. The van der Waals surface area contributed by atoms with Crippen LogP contribution in [0.4, 0.5) is 0 Å². The predicted octanol–water partition coefficient (Wildman–Crippen LogP) is 1.01. The van der Waals surface area contributed by atoms with Gasteiger partial charge in [0, 0.05) is 12.5 Å². The molecule has 0 saturated carbocycles. The van der Waals surface area contributed by atoms with Crippen molar-refractivity contribution in [3.8, 4) is 0 Å². The Bertz CT molecular complexity index is 384. The zero-order valence-corrected chi connectivity index (χ0v) is 11.9. The normalized spacial score (nSPS) is 13.8. The molecule has 0 fully saturated rings. The van der Waals surface area contributed by atoms with Gasteiger partial charge in [-0.15, -0.1) is 0 Å². The third-order valence-corrected chi connectivity index (χ3v) is 3.05. The van der Waals surface area contributed by atoms with Gasteiger partial charge in [-0.2, -0.15) is 0 Å². The minimum absolute atomic E-state index is 0.247. The summed E-state index contributed by atoms with van der Waals surface area (Å²) in [5.41, 5.74) is 3.21. The first-order chi connectivity index (χ1) is 9.67. The van der Waals surface area contributed by atoms with Crippen LogP contribution in [0.15, 0.2) is 30.3 Å². The van der Waals surface area contributed by atoms with Crippen LogP contribution in [-0.2, 0) is 16.0 Å². The van der Waals surface area contributed by atoms with Gasteiger partial charge in [-0.3, -0.25) is 10.2 Å². The summed E-state index contributed by atoms with van der Waals surface area (Å²) in [5.74, 6) is 4.59. The van der Waals surface area contributed by atoms with Crippen molar-refractivity contribution in [3.05, 3.63) is 35.9 Å². The van der Waals surface area contributed by atoms with Crippen molar-refractivity contribution in [2.45, 2.75) is 32.3 Å². The highest BCUT2D eigenvalue weighted by Gasteiger charge is 2.22. The molecule has 1 amide bonds. The number of hydrazine groups is 1. The van der Waals surface area contributed by atoms with Crippen molar-refractivity contribution in [3.63, 3.8) is 0 Å². The largest absolute Gasteiger partial charge is 0.391 e. The Labute approximate surface area is 120 Å². The molecule has 0 aliphatic carbocycles. The summed E-state index contributed by atoms with van der Waals surface area (Å²) in [6.07, 6.45) is 1.13. The highest BCUT2D eigenvalue weighted by molar-refractivity contribution is 5.78. The lowest BCUT2D eigenvalue weighted by Crippen LogP contribution is -2.38. The molecule has 20 heavy (non-hydrogen) atoms. The van der Waals surface area contributed by atoms with Gasteiger partial charge in [0.1, 0.15) is 0 Å². The lowest BCUT2D eigenvalue weighted by Gasteiger charge is -2.19. The number of aliphatic hydroxyl groups is 1. The number of ether oxygens (including phenoxy) is 1. The number of carbonyl (C=O) groups is 1. The number of aliphatic hydroxyl groups excluding tert-OH is 1. The van der Waals surface area contributed by atoms with E-state index in [0.717, 1.165) is 12.0 Å². The van der Waals surface area contributed by atoms with Crippen molar-refractivity contribution in [2.24, 2.45) is 11.8 Å². The number of carbonyl (C=O) groups excluding carboxylic acids is 1. The molecule has 0 aliphatic rings. The fraction of sp³-hybridized carbons (Fsp3) is 0.533. The van der Waals surface area contributed by atoms with Crippen LogP contribution in [0.25, 0.3) is 0 Å². The third kappa shape index (κ3) is 6.14. The van der Waals surface area contributed by atoms with E-state index in [4.69, 9.17) is 10.6 Å². The zero-order chi connectivity index (χ0) is 14.8. The lowest BCUT2D eigenvalue weighted by molar-refractivity contribution is -0.126. The maximum Gasteiger partial charge on any atom is 0.237 e. The van der Waals surface area contributed by atoms with Gasteiger partial charge in [0.05, 0.1) is 12.7 Å². The SMILES string of the molecule is CCCOC[C@@H](O)C[C@H](Cc1ccccc1)C(=O)NN. The van der Waals surface area contributed by atoms with E-state index in [9.17, 15) is 9.90 Å². The molecule has 0 heterocycles. The van der Waals surface area contributed by atoms with Crippen molar-refractivity contribution < 1.29 is 14.6 Å². The summed E-state index contributed by atoms with van der Waals surface area (Å²) in [7, 11) is 0. The molecule has 0 saturated heterocycles. The molecule has 5 heteroatoms. The van der Waals surface area contributed by atoms with Gasteiger partial charge in [0.25, 0.3) is 0 Å². The average Bonchev–Trinajstić information content (AvgIpc) is 2.47. The molecule has 1 aromatic rings. The second-order valence-electron chi connectivity index (χ2n) is 4.86. The molecule has 0 aliphatic heterocycles. The number of hydrogen-bond acceptors (Lipinski definition) is 4. The first-order valence-corrected chi connectivity index (χ1v) is 6.97.